The normalized spacial score (nSPS) is 10.7. The van der Waals surface area contributed by atoms with Crippen LogP contribution in [-0.4, -0.2) is 22.9 Å². The van der Waals surface area contributed by atoms with Crippen LogP contribution >= 0.6 is 0 Å². The third-order valence-electron chi connectivity index (χ3n) is 3.34. The van der Waals surface area contributed by atoms with E-state index < -0.39 is 0 Å². The molecule has 1 aromatic heterocycles. The summed E-state index contributed by atoms with van der Waals surface area (Å²) in [5, 5.41) is 0. The predicted octanol–water partition coefficient (Wildman–Crippen LogP) is 2.77. The minimum atomic E-state index is -0.230. The van der Waals surface area contributed by atoms with Crippen LogP contribution in [0.15, 0.2) is 30.5 Å². The zero-order chi connectivity index (χ0) is 15.6. The van der Waals surface area contributed by atoms with Gasteiger partial charge in [-0.1, -0.05) is 32.0 Å². The van der Waals surface area contributed by atoms with Crippen LogP contribution in [0, 0.1) is 6.92 Å². The standard InChI is InChI=1S/C16H20N4O/c1-10(2)15-18-9-12(17)14(19-15)16(21)20(4)13-8-6-5-7-11(13)3/h5-10H,17H2,1-4H3. The Bertz CT molecular complexity index is 667. The first-order chi connectivity index (χ1) is 9.91. The van der Waals surface area contributed by atoms with Crippen molar-refractivity contribution < 1.29 is 4.79 Å². The largest absolute Gasteiger partial charge is 0.396 e. The number of carbonyl (C=O) groups is 1. The third-order valence-corrected chi connectivity index (χ3v) is 3.34. The summed E-state index contributed by atoms with van der Waals surface area (Å²) in [6, 6.07) is 7.69. The van der Waals surface area contributed by atoms with E-state index in [0.717, 1.165) is 11.3 Å². The zero-order valence-electron chi connectivity index (χ0n) is 12.8. The van der Waals surface area contributed by atoms with E-state index in [1.165, 1.54) is 6.20 Å². The van der Waals surface area contributed by atoms with Gasteiger partial charge in [0.05, 0.1) is 11.9 Å². The summed E-state index contributed by atoms with van der Waals surface area (Å²) in [6.07, 6.45) is 1.50. The molecule has 0 radical (unpaired) electrons. The van der Waals surface area contributed by atoms with E-state index in [2.05, 4.69) is 9.97 Å². The first-order valence-corrected chi connectivity index (χ1v) is 6.88. The Kier molecular flexibility index (Phi) is 4.21. The van der Waals surface area contributed by atoms with Crippen molar-refractivity contribution in [3.63, 3.8) is 0 Å². The lowest BCUT2D eigenvalue weighted by atomic mass is 10.1. The monoisotopic (exact) mass is 284 g/mol. The van der Waals surface area contributed by atoms with E-state index in [1.807, 2.05) is 45.0 Å². The number of rotatable bonds is 3. The van der Waals surface area contributed by atoms with Gasteiger partial charge in [-0.05, 0) is 18.6 Å². The average molecular weight is 284 g/mol. The smallest absolute Gasteiger partial charge is 0.278 e. The van der Waals surface area contributed by atoms with E-state index in [0.29, 0.717) is 11.5 Å². The minimum absolute atomic E-state index is 0.140. The molecule has 21 heavy (non-hydrogen) atoms. The molecule has 1 amide bonds. The molecule has 0 unspecified atom stereocenters. The fraction of sp³-hybridized carbons (Fsp3) is 0.312. The highest BCUT2D eigenvalue weighted by molar-refractivity contribution is 6.07. The molecule has 0 aliphatic heterocycles. The SMILES string of the molecule is Cc1ccccc1N(C)C(=O)c1nc(C(C)C)ncc1N. The van der Waals surface area contributed by atoms with Crippen LogP contribution in [-0.2, 0) is 0 Å². The highest BCUT2D eigenvalue weighted by atomic mass is 16.2. The van der Waals surface area contributed by atoms with E-state index >= 15 is 0 Å². The summed E-state index contributed by atoms with van der Waals surface area (Å²) in [4.78, 5) is 22.7. The molecule has 0 saturated heterocycles. The topological polar surface area (TPSA) is 72.1 Å². The van der Waals surface area contributed by atoms with Crippen molar-refractivity contribution in [2.45, 2.75) is 26.7 Å². The molecule has 0 atom stereocenters. The first-order valence-electron chi connectivity index (χ1n) is 6.88. The number of nitrogens with two attached hydrogens (primary N) is 1. The van der Waals surface area contributed by atoms with Gasteiger partial charge in [0.2, 0.25) is 0 Å². The molecule has 0 spiro atoms. The van der Waals surface area contributed by atoms with Gasteiger partial charge in [0.15, 0.2) is 5.69 Å². The van der Waals surface area contributed by atoms with Crippen molar-refractivity contribution in [3.8, 4) is 0 Å². The molecule has 2 N–H and O–H groups in total. The van der Waals surface area contributed by atoms with Gasteiger partial charge in [-0.25, -0.2) is 9.97 Å². The van der Waals surface area contributed by atoms with Gasteiger partial charge < -0.3 is 10.6 Å². The van der Waals surface area contributed by atoms with Gasteiger partial charge in [0.1, 0.15) is 5.82 Å². The van der Waals surface area contributed by atoms with E-state index in [1.54, 1.807) is 11.9 Å². The number of nitrogens with zero attached hydrogens (tertiary/aromatic N) is 3. The second kappa shape index (κ2) is 5.91. The fourth-order valence-electron chi connectivity index (χ4n) is 2.06. The molecule has 0 aliphatic rings. The summed E-state index contributed by atoms with van der Waals surface area (Å²) in [5.41, 5.74) is 8.28. The lowest BCUT2D eigenvalue weighted by Crippen LogP contribution is -2.29. The highest BCUT2D eigenvalue weighted by Crippen LogP contribution is 2.22. The summed E-state index contributed by atoms with van der Waals surface area (Å²) in [6.45, 7) is 5.91. The maximum Gasteiger partial charge on any atom is 0.278 e. The lowest BCUT2D eigenvalue weighted by molar-refractivity contribution is 0.0988. The van der Waals surface area contributed by atoms with Crippen molar-refractivity contribution >= 4 is 17.3 Å². The number of anilines is 2. The molecular weight excluding hydrogens is 264 g/mol. The number of hydrogen-bond donors (Lipinski definition) is 1. The zero-order valence-corrected chi connectivity index (χ0v) is 12.8. The van der Waals surface area contributed by atoms with Gasteiger partial charge in [-0.3, -0.25) is 4.79 Å². The Labute approximate surface area is 124 Å². The Balaban J connectivity index is 2.40. The number of aromatic nitrogens is 2. The van der Waals surface area contributed by atoms with Gasteiger partial charge in [-0.15, -0.1) is 0 Å². The molecule has 0 bridgehead atoms. The molecule has 0 aliphatic carbocycles. The molecular formula is C16H20N4O. The summed E-state index contributed by atoms with van der Waals surface area (Å²) in [5.74, 6) is 0.526. The van der Waals surface area contributed by atoms with E-state index in [4.69, 9.17) is 5.73 Å². The molecule has 2 rings (SSSR count). The number of carbonyl (C=O) groups excluding carboxylic acids is 1. The molecule has 110 valence electrons. The van der Waals surface area contributed by atoms with Gasteiger partial charge in [-0.2, -0.15) is 0 Å². The van der Waals surface area contributed by atoms with Crippen molar-refractivity contribution in [2.75, 3.05) is 17.7 Å². The average Bonchev–Trinajstić information content (AvgIpc) is 2.46. The maximum absolute atomic E-state index is 12.6. The van der Waals surface area contributed by atoms with Crippen LogP contribution in [0.3, 0.4) is 0 Å². The van der Waals surface area contributed by atoms with E-state index in [9.17, 15) is 4.79 Å². The first kappa shape index (κ1) is 15.0. The number of nitrogen functional groups attached to an aromatic ring is 1. The van der Waals surface area contributed by atoms with Crippen molar-refractivity contribution in [1.82, 2.24) is 9.97 Å². The molecule has 0 fully saturated rings. The Morgan fingerprint density at radius 2 is 1.95 bits per heavy atom. The third kappa shape index (κ3) is 3.02. The molecule has 0 saturated carbocycles. The molecule has 5 nitrogen and oxygen atoms in total. The summed E-state index contributed by atoms with van der Waals surface area (Å²) >= 11 is 0. The van der Waals surface area contributed by atoms with Crippen LogP contribution in [0.4, 0.5) is 11.4 Å². The van der Waals surface area contributed by atoms with Crippen LogP contribution in [0.2, 0.25) is 0 Å². The fourth-order valence-corrected chi connectivity index (χ4v) is 2.06. The number of para-hydroxylation sites is 1. The van der Waals surface area contributed by atoms with Gasteiger partial charge >= 0.3 is 0 Å². The van der Waals surface area contributed by atoms with Crippen LogP contribution in [0.25, 0.3) is 0 Å². The highest BCUT2D eigenvalue weighted by Gasteiger charge is 2.20. The maximum atomic E-state index is 12.6. The number of aryl methyl sites for hydroxylation is 1. The molecule has 2 aromatic rings. The van der Waals surface area contributed by atoms with Crippen molar-refractivity contribution in [3.05, 3.63) is 47.5 Å². The molecule has 5 heteroatoms. The number of hydrogen-bond acceptors (Lipinski definition) is 4. The molecule has 1 aromatic carbocycles. The minimum Gasteiger partial charge on any atom is -0.396 e. The number of benzene rings is 1. The second-order valence-electron chi connectivity index (χ2n) is 5.34. The van der Waals surface area contributed by atoms with Crippen LogP contribution in [0.5, 0.6) is 0 Å². The Hall–Kier alpha value is -2.43. The van der Waals surface area contributed by atoms with E-state index in [-0.39, 0.29) is 17.5 Å². The van der Waals surface area contributed by atoms with Crippen molar-refractivity contribution in [1.29, 1.82) is 0 Å². The van der Waals surface area contributed by atoms with Crippen LogP contribution in [0.1, 0.15) is 41.6 Å². The van der Waals surface area contributed by atoms with Crippen molar-refractivity contribution in [2.24, 2.45) is 0 Å². The Morgan fingerprint density at radius 3 is 2.57 bits per heavy atom. The Morgan fingerprint density at radius 1 is 1.29 bits per heavy atom. The molecule has 1 heterocycles. The van der Waals surface area contributed by atoms with Gasteiger partial charge in [0, 0.05) is 18.7 Å². The second-order valence-corrected chi connectivity index (χ2v) is 5.34. The summed E-state index contributed by atoms with van der Waals surface area (Å²) < 4.78 is 0. The quantitative estimate of drug-likeness (QED) is 0.940. The lowest BCUT2D eigenvalue weighted by Gasteiger charge is -2.20. The summed E-state index contributed by atoms with van der Waals surface area (Å²) in [7, 11) is 1.72. The van der Waals surface area contributed by atoms with Crippen LogP contribution < -0.4 is 10.6 Å². The van der Waals surface area contributed by atoms with Gasteiger partial charge in [0.25, 0.3) is 5.91 Å². The number of amides is 1. The predicted molar refractivity (Wildman–Crippen MR) is 84.4 cm³/mol.